The molecule has 6 nitrogen and oxygen atoms in total. The van der Waals surface area contributed by atoms with E-state index in [0.717, 1.165) is 77.9 Å². The fraction of sp³-hybridized carbons (Fsp3) is 0. The summed E-state index contributed by atoms with van der Waals surface area (Å²) in [6.45, 7) is 0. The molecule has 0 saturated carbocycles. The minimum Gasteiger partial charge on any atom is -0.455 e. The van der Waals surface area contributed by atoms with Gasteiger partial charge in [0.25, 0.3) is 0 Å². The van der Waals surface area contributed by atoms with E-state index >= 15 is 0 Å². The van der Waals surface area contributed by atoms with Gasteiger partial charge in [0.05, 0.1) is 5.69 Å². The summed E-state index contributed by atoms with van der Waals surface area (Å²) in [5.74, 6) is 1.79. The Labute approximate surface area is 299 Å². The van der Waals surface area contributed by atoms with Crippen LogP contribution in [0.15, 0.2) is 180 Å². The van der Waals surface area contributed by atoms with Crippen molar-refractivity contribution in [1.82, 2.24) is 24.3 Å². The molecule has 4 aromatic heterocycles. The molecule has 0 bridgehead atoms. The van der Waals surface area contributed by atoms with Gasteiger partial charge in [0.1, 0.15) is 22.5 Å². The van der Waals surface area contributed by atoms with Crippen LogP contribution in [0, 0.1) is 0 Å². The summed E-state index contributed by atoms with van der Waals surface area (Å²) in [5.41, 5.74) is 11.3. The summed E-state index contributed by atoms with van der Waals surface area (Å²) in [6, 6.07) is 57.7. The minimum absolute atomic E-state index is 0.574. The molecule has 0 atom stereocenters. The second-order valence-corrected chi connectivity index (χ2v) is 12.7. The first-order chi connectivity index (χ1) is 25.8. The molecule has 0 aliphatic carbocycles. The summed E-state index contributed by atoms with van der Waals surface area (Å²) < 4.78 is 8.89. The van der Waals surface area contributed by atoms with E-state index < -0.39 is 0 Å². The third kappa shape index (κ3) is 5.13. The van der Waals surface area contributed by atoms with Gasteiger partial charge < -0.3 is 4.42 Å². The monoisotopic (exact) mass is 667 g/mol. The van der Waals surface area contributed by atoms with Crippen molar-refractivity contribution < 1.29 is 4.42 Å². The smallest absolute Gasteiger partial charge is 0.164 e. The maximum absolute atomic E-state index is 6.75. The van der Waals surface area contributed by atoms with Gasteiger partial charge in [-0.2, -0.15) is 0 Å². The minimum atomic E-state index is 0.574. The van der Waals surface area contributed by atoms with Crippen LogP contribution in [0.5, 0.6) is 0 Å². The van der Waals surface area contributed by atoms with E-state index in [4.69, 9.17) is 24.4 Å². The number of furan rings is 1. The van der Waals surface area contributed by atoms with Gasteiger partial charge >= 0.3 is 0 Å². The SMILES string of the molecule is c1ccc(-c2ccc(-c3nc(-c4ccccc4)nc(-c4ccc5c(c4)oc4c(-c6nc7ccccn7c6-c6ccccc6)cccc45)n3)cc2)cc1. The molecule has 0 spiro atoms. The lowest BCUT2D eigenvalue weighted by atomic mass is 10.0. The molecule has 0 amide bonds. The molecule has 10 aromatic rings. The van der Waals surface area contributed by atoms with E-state index in [-0.39, 0.29) is 0 Å². The van der Waals surface area contributed by atoms with Crippen LogP contribution in [0.4, 0.5) is 0 Å². The van der Waals surface area contributed by atoms with E-state index in [2.05, 4.69) is 114 Å². The lowest BCUT2D eigenvalue weighted by molar-refractivity contribution is 0.670. The van der Waals surface area contributed by atoms with E-state index in [1.807, 2.05) is 66.7 Å². The van der Waals surface area contributed by atoms with Crippen molar-refractivity contribution in [3.05, 3.63) is 176 Å². The number of rotatable bonds is 6. The van der Waals surface area contributed by atoms with Gasteiger partial charge in [-0.1, -0.05) is 140 Å². The van der Waals surface area contributed by atoms with E-state index in [1.54, 1.807) is 0 Å². The average Bonchev–Trinajstić information content (AvgIpc) is 3.80. The van der Waals surface area contributed by atoms with Gasteiger partial charge in [-0.3, -0.25) is 4.40 Å². The first-order valence-electron chi connectivity index (χ1n) is 17.2. The fourth-order valence-corrected chi connectivity index (χ4v) is 6.97. The summed E-state index contributed by atoms with van der Waals surface area (Å²) in [6.07, 6.45) is 2.06. The van der Waals surface area contributed by atoms with Crippen LogP contribution in [0.3, 0.4) is 0 Å². The first-order valence-corrected chi connectivity index (χ1v) is 17.2. The number of hydrogen-bond donors (Lipinski definition) is 0. The zero-order valence-corrected chi connectivity index (χ0v) is 27.9. The molecule has 10 rings (SSSR count). The highest BCUT2D eigenvalue weighted by Gasteiger charge is 2.21. The molecule has 6 aromatic carbocycles. The maximum Gasteiger partial charge on any atom is 0.164 e. The highest BCUT2D eigenvalue weighted by molar-refractivity contribution is 6.11. The predicted molar refractivity (Wildman–Crippen MR) is 208 cm³/mol. The van der Waals surface area contributed by atoms with Crippen molar-refractivity contribution in [3.63, 3.8) is 0 Å². The molecule has 6 heteroatoms. The number of pyridine rings is 1. The number of nitrogens with zero attached hydrogens (tertiary/aromatic N) is 5. The van der Waals surface area contributed by atoms with Crippen LogP contribution in [-0.4, -0.2) is 24.3 Å². The van der Waals surface area contributed by atoms with Gasteiger partial charge in [0.15, 0.2) is 17.5 Å². The Morgan fingerprint density at radius 2 is 0.962 bits per heavy atom. The zero-order chi connectivity index (χ0) is 34.4. The van der Waals surface area contributed by atoms with Crippen molar-refractivity contribution in [2.24, 2.45) is 0 Å². The Bertz CT molecular complexity index is 2880. The lowest BCUT2D eigenvalue weighted by Gasteiger charge is -2.09. The average molecular weight is 668 g/mol. The molecule has 0 radical (unpaired) electrons. The van der Waals surface area contributed by atoms with Crippen LogP contribution >= 0.6 is 0 Å². The van der Waals surface area contributed by atoms with E-state index in [1.165, 1.54) is 0 Å². The van der Waals surface area contributed by atoms with Crippen molar-refractivity contribution in [2.75, 3.05) is 0 Å². The van der Waals surface area contributed by atoms with Crippen molar-refractivity contribution in [2.45, 2.75) is 0 Å². The standard InChI is InChI=1S/C46H29N5O/c1-4-13-30(14-5-1)31-22-24-34(25-23-31)45-48-44(33-17-8-3-9-18-33)49-46(50-45)35-26-27-36-37-19-12-20-38(43(37)52-39(36)29-35)41-42(32-15-6-2-7-16-32)51-28-11-10-21-40(51)47-41/h1-29H. The van der Waals surface area contributed by atoms with Crippen LogP contribution in [-0.2, 0) is 0 Å². The van der Waals surface area contributed by atoms with Crippen molar-refractivity contribution in [3.8, 4) is 67.8 Å². The normalized spacial score (nSPS) is 11.5. The van der Waals surface area contributed by atoms with E-state index in [0.29, 0.717) is 17.5 Å². The second-order valence-electron chi connectivity index (χ2n) is 12.7. The molecule has 0 unspecified atom stereocenters. The molecule has 52 heavy (non-hydrogen) atoms. The highest BCUT2D eigenvalue weighted by Crippen LogP contribution is 2.41. The summed E-state index contributed by atoms with van der Waals surface area (Å²) >= 11 is 0. The second kappa shape index (κ2) is 12.3. The third-order valence-corrected chi connectivity index (χ3v) is 9.51. The Balaban J connectivity index is 1.11. The molecule has 244 valence electrons. The summed E-state index contributed by atoms with van der Waals surface area (Å²) in [5, 5.41) is 2.04. The molecule has 0 aliphatic heterocycles. The fourth-order valence-electron chi connectivity index (χ4n) is 6.97. The lowest BCUT2D eigenvalue weighted by Crippen LogP contribution is -2.00. The Morgan fingerprint density at radius 1 is 0.404 bits per heavy atom. The van der Waals surface area contributed by atoms with Gasteiger partial charge in [-0.15, -0.1) is 0 Å². The number of aromatic nitrogens is 5. The van der Waals surface area contributed by atoms with E-state index in [9.17, 15) is 0 Å². The van der Waals surface area contributed by atoms with Crippen molar-refractivity contribution >= 4 is 27.6 Å². The molecular formula is C46H29N5O. The van der Waals surface area contributed by atoms with Crippen LogP contribution in [0.2, 0.25) is 0 Å². The molecule has 0 N–H and O–H groups in total. The Hall–Kier alpha value is -7.18. The summed E-state index contributed by atoms with van der Waals surface area (Å²) in [7, 11) is 0. The molecule has 0 saturated heterocycles. The van der Waals surface area contributed by atoms with Crippen LogP contribution < -0.4 is 0 Å². The predicted octanol–water partition coefficient (Wildman–Crippen LogP) is 11.4. The quantitative estimate of drug-likeness (QED) is 0.176. The number of benzene rings is 6. The number of imidazole rings is 1. The zero-order valence-electron chi connectivity index (χ0n) is 27.9. The highest BCUT2D eigenvalue weighted by atomic mass is 16.3. The molecular weight excluding hydrogens is 639 g/mol. The molecule has 0 aliphatic rings. The Kier molecular flexibility index (Phi) is 7.03. The largest absolute Gasteiger partial charge is 0.455 e. The van der Waals surface area contributed by atoms with Gasteiger partial charge in [0.2, 0.25) is 0 Å². The number of fused-ring (bicyclic) bond motifs is 4. The third-order valence-electron chi connectivity index (χ3n) is 9.51. The van der Waals surface area contributed by atoms with Crippen molar-refractivity contribution in [1.29, 1.82) is 0 Å². The first kappa shape index (κ1) is 29.7. The van der Waals surface area contributed by atoms with Crippen LogP contribution in [0.1, 0.15) is 0 Å². The van der Waals surface area contributed by atoms with Crippen LogP contribution in [0.25, 0.3) is 95.4 Å². The maximum atomic E-state index is 6.75. The molecule has 0 fully saturated rings. The van der Waals surface area contributed by atoms with Gasteiger partial charge in [-0.05, 0) is 41.5 Å². The van der Waals surface area contributed by atoms with Gasteiger partial charge in [0, 0.05) is 44.8 Å². The summed E-state index contributed by atoms with van der Waals surface area (Å²) in [4.78, 5) is 20.1. The molecule has 4 heterocycles. The Morgan fingerprint density at radius 3 is 1.67 bits per heavy atom. The topological polar surface area (TPSA) is 69.1 Å². The van der Waals surface area contributed by atoms with Gasteiger partial charge in [-0.25, -0.2) is 19.9 Å². The number of para-hydroxylation sites is 1. The number of hydrogen-bond acceptors (Lipinski definition) is 5.